The standard InChI is InChI=1S/C9H14N4O/c14-8-9-7-11-3-6-13(9)12-4-1-10-2-5-12/h3,6-10H,1-2,4-5H2/t9-/m0/s1. The molecule has 0 bridgehead atoms. The van der Waals surface area contributed by atoms with Gasteiger partial charge in [-0.1, -0.05) is 0 Å². The van der Waals surface area contributed by atoms with Gasteiger partial charge in [-0.3, -0.25) is 10.0 Å². The van der Waals surface area contributed by atoms with Gasteiger partial charge in [0.15, 0.2) is 0 Å². The number of nitrogens with one attached hydrogen (secondary N) is 1. The van der Waals surface area contributed by atoms with Gasteiger partial charge < -0.3 is 10.1 Å². The zero-order valence-electron chi connectivity index (χ0n) is 7.97. The van der Waals surface area contributed by atoms with E-state index in [4.69, 9.17) is 0 Å². The fourth-order valence-corrected chi connectivity index (χ4v) is 1.68. The maximum Gasteiger partial charge on any atom is 0.149 e. The normalized spacial score (nSPS) is 28.0. The number of piperazine rings is 1. The summed E-state index contributed by atoms with van der Waals surface area (Å²) < 4.78 is 0. The van der Waals surface area contributed by atoms with Crippen LogP contribution in [0.15, 0.2) is 17.4 Å². The Kier molecular flexibility index (Phi) is 2.90. The number of rotatable bonds is 2. The molecule has 0 aliphatic carbocycles. The van der Waals surface area contributed by atoms with Crippen LogP contribution in [0, 0.1) is 0 Å². The largest absolute Gasteiger partial charge is 0.314 e. The second kappa shape index (κ2) is 4.34. The Labute approximate surface area is 83.1 Å². The molecule has 0 aromatic heterocycles. The first kappa shape index (κ1) is 9.36. The van der Waals surface area contributed by atoms with Crippen molar-refractivity contribution in [1.82, 2.24) is 15.3 Å². The molecule has 1 atom stereocenters. The van der Waals surface area contributed by atoms with Crippen LogP contribution in [-0.2, 0) is 4.79 Å². The summed E-state index contributed by atoms with van der Waals surface area (Å²) in [7, 11) is 0. The Hall–Kier alpha value is -1.20. The summed E-state index contributed by atoms with van der Waals surface area (Å²) in [6.07, 6.45) is 6.14. The van der Waals surface area contributed by atoms with E-state index < -0.39 is 0 Å². The number of hydrogen-bond donors (Lipinski definition) is 1. The molecule has 1 fully saturated rings. The number of nitrogens with zero attached hydrogens (tertiary/aromatic N) is 3. The molecule has 0 saturated carbocycles. The predicted octanol–water partition coefficient (Wildman–Crippen LogP) is -0.768. The maximum atomic E-state index is 10.8. The maximum absolute atomic E-state index is 10.8. The van der Waals surface area contributed by atoms with Crippen LogP contribution < -0.4 is 5.32 Å². The molecular weight excluding hydrogens is 180 g/mol. The Morgan fingerprint density at radius 3 is 2.93 bits per heavy atom. The second-order valence-corrected chi connectivity index (χ2v) is 3.31. The van der Waals surface area contributed by atoms with Gasteiger partial charge in [-0.2, -0.15) is 0 Å². The average molecular weight is 194 g/mol. The highest BCUT2D eigenvalue weighted by atomic mass is 16.1. The molecule has 1 N–H and O–H groups in total. The van der Waals surface area contributed by atoms with Crippen molar-refractivity contribution in [2.24, 2.45) is 4.99 Å². The van der Waals surface area contributed by atoms with Gasteiger partial charge in [-0.05, 0) is 0 Å². The van der Waals surface area contributed by atoms with Crippen molar-refractivity contribution in [3.05, 3.63) is 12.4 Å². The summed E-state index contributed by atoms with van der Waals surface area (Å²) in [6.45, 7) is 3.80. The van der Waals surface area contributed by atoms with E-state index in [1.54, 1.807) is 12.4 Å². The van der Waals surface area contributed by atoms with E-state index in [0.717, 1.165) is 32.5 Å². The van der Waals surface area contributed by atoms with Crippen LogP contribution >= 0.6 is 0 Å². The van der Waals surface area contributed by atoms with E-state index in [1.807, 2.05) is 11.2 Å². The summed E-state index contributed by atoms with van der Waals surface area (Å²) in [6, 6.07) is -0.238. The molecule has 1 saturated heterocycles. The minimum Gasteiger partial charge on any atom is -0.314 e. The summed E-state index contributed by atoms with van der Waals surface area (Å²) in [5, 5.41) is 7.38. The Balaban J connectivity index is 2.03. The quantitative estimate of drug-likeness (QED) is 0.587. The van der Waals surface area contributed by atoms with Crippen LogP contribution in [0.4, 0.5) is 0 Å². The molecule has 2 rings (SSSR count). The summed E-state index contributed by atoms with van der Waals surface area (Å²) in [5.41, 5.74) is 0. The molecule has 2 aliphatic rings. The monoisotopic (exact) mass is 194 g/mol. The topological polar surface area (TPSA) is 47.9 Å². The van der Waals surface area contributed by atoms with Crippen molar-refractivity contribution in [1.29, 1.82) is 0 Å². The van der Waals surface area contributed by atoms with Gasteiger partial charge in [0.25, 0.3) is 0 Å². The number of hydrazine groups is 1. The Morgan fingerprint density at radius 2 is 2.21 bits per heavy atom. The average Bonchev–Trinajstić information content (AvgIpc) is 2.30. The van der Waals surface area contributed by atoms with E-state index in [0.29, 0.717) is 0 Å². The molecule has 2 heterocycles. The Bertz CT molecular complexity index is 258. The molecule has 0 aromatic rings. The molecule has 0 unspecified atom stereocenters. The molecule has 0 aromatic carbocycles. The lowest BCUT2D eigenvalue weighted by Crippen LogP contribution is -2.54. The van der Waals surface area contributed by atoms with Crippen LogP contribution in [0.2, 0.25) is 0 Å². The van der Waals surface area contributed by atoms with Gasteiger partial charge in [0.2, 0.25) is 0 Å². The predicted molar refractivity (Wildman–Crippen MR) is 53.8 cm³/mol. The van der Waals surface area contributed by atoms with Gasteiger partial charge in [0.1, 0.15) is 12.3 Å². The van der Waals surface area contributed by atoms with Crippen molar-refractivity contribution in [2.45, 2.75) is 6.04 Å². The number of aldehydes is 1. The molecule has 0 spiro atoms. The van der Waals surface area contributed by atoms with Gasteiger partial charge in [0.05, 0.1) is 0 Å². The first-order valence-corrected chi connectivity index (χ1v) is 4.81. The molecule has 5 nitrogen and oxygen atoms in total. The van der Waals surface area contributed by atoms with Crippen molar-refractivity contribution in [3.8, 4) is 0 Å². The van der Waals surface area contributed by atoms with Crippen molar-refractivity contribution < 1.29 is 4.79 Å². The minimum atomic E-state index is -0.238. The van der Waals surface area contributed by atoms with Gasteiger partial charge in [-0.15, -0.1) is 0 Å². The fraction of sp³-hybridized carbons (Fsp3) is 0.556. The lowest BCUT2D eigenvalue weighted by Gasteiger charge is -2.39. The minimum absolute atomic E-state index is 0.238. The van der Waals surface area contributed by atoms with Crippen molar-refractivity contribution in [2.75, 3.05) is 26.2 Å². The molecule has 2 aliphatic heterocycles. The van der Waals surface area contributed by atoms with Crippen LogP contribution in [0.25, 0.3) is 0 Å². The highest BCUT2D eigenvalue weighted by molar-refractivity contribution is 5.86. The molecule has 0 radical (unpaired) electrons. The second-order valence-electron chi connectivity index (χ2n) is 3.31. The van der Waals surface area contributed by atoms with E-state index in [-0.39, 0.29) is 6.04 Å². The number of aliphatic imine (C=N–C) groups is 1. The molecular formula is C9H14N4O. The van der Waals surface area contributed by atoms with Gasteiger partial charge in [-0.25, -0.2) is 5.01 Å². The molecule has 0 amide bonds. The summed E-state index contributed by atoms with van der Waals surface area (Å²) in [4.78, 5) is 14.8. The lowest BCUT2D eigenvalue weighted by atomic mass is 10.3. The zero-order chi connectivity index (χ0) is 9.80. The Morgan fingerprint density at radius 1 is 1.43 bits per heavy atom. The van der Waals surface area contributed by atoms with Gasteiger partial charge in [0, 0.05) is 44.8 Å². The third-order valence-electron chi connectivity index (χ3n) is 2.41. The number of carbonyl (C=O) groups is 1. The highest BCUT2D eigenvalue weighted by Crippen LogP contribution is 2.08. The molecule has 5 heteroatoms. The molecule has 76 valence electrons. The van der Waals surface area contributed by atoms with E-state index >= 15 is 0 Å². The van der Waals surface area contributed by atoms with E-state index in [1.165, 1.54) is 0 Å². The van der Waals surface area contributed by atoms with Gasteiger partial charge >= 0.3 is 0 Å². The first-order valence-electron chi connectivity index (χ1n) is 4.81. The summed E-state index contributed by atoms with van der Waals surface area (Å²) >= 11 is 0. The van der Waals surface area contributed by atoms with E-state index in [2.05, 4.69) is 15.3 Å². The van der Waals surface area contributed by atoms with Crippen molar-refractivity contribution >= 4 is 12.5 Å². The number of hydrogen-bond acceptors (Lipinski definition) is 5. The van der Waals surface area contributed by atoms with Crippen LogP contribution in [0.3, 0.4) is 0 Å². The third kappa shape index (κ3) is 1.83. The highest BCUT2D eigenvalue weighted by Gasteiger charge is 2.22. The smallest absolute Gasteiger partial charge is 0.149 e. The lowest BCUT2D eigenvalue weighted by molar-refractivity contribution is -0.114. The van der Waals surface area contributed by atoms with E-state index in [9.17, 15) is 4.79 Å². The SMILES string of the molecule is O=C[C@@H]1C=NC=CN1N1CCNCC1. The summed E-state index contributed by atoms with van der Waals surface area (Å²) in [5.74, 6) is 0. The third-order valence-corrected chi connectivity index (χ3v) is 2.41. The van der Waals surface area contributed by atoms with Crippen LogP contribution in [-0.4, -0.2) is 54.7 Å². The first-order chi connectivity index (χ1) is 6.92. The number of carbonyl (C=O) groups excluding carboxylic acids is 1. The fourth-order valence-electron chi connectivity index (χ4n) is 1.68. The van der Waals surface area contributed by atoms with Crippen molar-refractivity contribution in [3.63, 3.8) is 0 Å². The van der Waals surface area contributed by atoms with Crippen LogP contribution in [0.5, 0.6) is 0 Å². The zero-order valence-corrected chi connectivity index (χ0v) is 7.97. The van der Waals surface area contributed by atoms with Crippen LogP contribution in [0.1, 0.15) is 0 Å². The molecule has 14 heavy (non-hydrogen) atoms.